The van der Waals surface area contributed by atoms with E-state index >= 15 is 0 Å². The Kier molecular flexibility index (Phi) is 18.7. The van der Waals surface area contributed by atoms with Crippen LogP contribution < -0.4 is 54.8 Å². The van der Waals surface area contributed by atoms with Crippen molar-refractivity contribution in [3.8, 4) is 0 Å². The molecule has 0 bridgehead atoms. The Hall–Kier alpha value is -4.07. The minimum Gasteiger partial charge on any atom is -0.394 e. The molecule has 0 aliphatic heterocycles. The molecule has 0 spiro atoms. The van der Waals surface area contributed by atoms with Gasteiger partial charge in [-0.15, -0.1) is 0 Å². The first kappa shape index (κ1) is 37.9. The summed E-state index contributed by atoms with van der Waals surface area (Å²) in [7, 11) is 0. The topological polar surface area (TPSA) is 343 Å². The van der Waals surface area contributed by atoms with Crippen LogP contribution in [0.3, 0.4) is 0 Å². The van der Waals surface area contributed by atoms with Gasteiger partial charge in [-0.25, -0.2) is 0 Å². The zero-order chi connectivity index (χ0) is 32.2. The lowest BCUT2D eigenvalue weighted by Gasteiger charge is -2.26. The highest BCUT2D eigenvalue weighted by atomic mass is 16.3. The van der Waals surface area contributed by atoms with E-state index in [0.717, 1.165) is 0 Å². The number of carbonyl (C=O) groups is 6. The third kappa shape index (κ3) is 16.3. The van der Waals surface area contributed by atoms with Crippen LogP contribution in [0.15, 0.2) is 0 Å². The zero-order valence-corrected chi connectivity index (χ0v) is 23.6. The molecule has 0 saturated heterocycles. The number of guanidine groups is 1. The molecule has 0 aromatic heterocycles. The molecule has 0 aliphatic rings. The van der Waals surface area contributed by atoms with Crippen molar-refractivity contribution in [3.05, 3.63) is 0 Å². The van der Waals surface area contributed by atoms with Crippen LogP contribution in [0.1, 0.15) is 39.0 Å². The molecular formula is C23H45N11O8. The van der Waals surface area contributed by atoms with Gasteiger partial charge in [-0.3, -0.25) is 34.2 Å². The molecule has 240 valence electrons. The minimum atomic E-state index is -1.58. The predicted octanol–water partition coefficient (Wildman–Crippen LogP) is -6.75. The second-order valence-electron chi connectivity index (χ2n) is 9.37. The van der Waals surface area contributed by atoms with Crippen molar-refractivity contribution in [1.82, 2.24) is 31.9 Å². The van der Waals surface area contributed by atoms with Crippen molar-refractivity contribution >= 4 is 41.4 Å². The van der Waals surface area contributed by atoms with Gasteiger partial charge < -0.3 is 65.0 Å². The standard InChI is InChI=1S/C23H45N11O8/c1-12(36)18(22(42)31-10-17(38)30-9-16(26)37)34-21(41)15(11-35)33-20(40)14(6-2-3-7-24)32-19(39)13(25)5-4-8-29-23(27)28/h12-15,18,35-36H,2-11,24-25H2,1H3,(H2,26,37)(H,30,38)(H,31,42)(H,32,39)(H,33,40)(H,34,41)(H4,27,28,29)/t12-,13+,14+,15+,18+/m1/s1. The van der Waals surface area contributed by atoms with Gasteiger partial charge in [-0.2, -0.15) is 0 Å². The lowest BCUT2D eigenvalue weighted by atomic mass is 10.1. The first-order valence-corrected chi connectivity index (χ1v) is 13.3. The van der Waals surface area contributed by atoms with Crippen LogP contribution in [0.2, 0.25) is 0 Å². The van der Waals surface area contributed by atoms with Gasteiger partial charge in [0.25, 0.3) is 0 Å². The molecule has 5 atom stereocenters. The van der Waals surface area contributed by atoms with E-state index in [-0.39, 0.29) is 18.8 Å². The summed E-state index contributed by atoms with van der Waals surface area (Å²) in [4.78, 5) is 73.3. The maximum Gasteiger partial charge on any atom is 0.245 e. The molecule has 0 heterocycles. The summed E-state index contributed by atoms with van der Waals surface area (Å²) in [5.74, 6) is -5.23. The number of amides is 6. The van der Waals surface area contributed by atoms with E-state index in [0.29, 0.717) is 32.4 Å². The third-order valence-corrected chi connectivity index (χ3v) is 5.69. The number of nitrogens with one attached hydrogen (secondary N) is 7. The fourth-order valence-electron chi connectivity index (χ4n) is 3.37. The normalized spacial score (nSPS) is 14.2. The summed E-state index contributed by atoms with van der Waals surface area (Å²) >= 11 is 0. The van der Waals surface area contributed by atoms with Crippen LogP contribution in [-0.4, -0.2) is 115 Å². The fourth-order valence-corrected chi connectivity index (χ4v) is 3.37. The van der Waals surface area contributed by atoms with Crippen LogP contribution >= 0.6 is 0 Å². The summed E-state index contributed by atoms with van der Waals surface area (Å²) in [5.41, 5.74) is 21.5. The van der Waals surface area contributed by atoms with Gasteiger partial charge in [-0.05, 0) is 45.6 Å². The van der Waals surface area contributed by atoms with Crippen LogP contribution in [0.25, 0.3) is 0 Å². The number of aliphatic hydroxyl groups excluding tert-OH is 2. The smallest absolute Gasteiger partial charge is 0.245 e. The van der Waals surface area contributed by atoms with Crippen molar-refractivity contribution in [2.45, 2.75) is 69.3 Å². The Balaban J connectivity index is 5.28. The molecule has 19 nitrogen and oxygen atoms in total. The third-order valence-electron chi connectivity index (χ3n) is 5.69. The minimum absolute atomic E-state index is 0.143. The van der Waals surface area contributed by atoms with E-state index in [1.165, 1.54) is 6.92 Å². The molecule has 0 aromatic carbocycles. The summed E-state index contributed by atoms with van der Waals surface area (Å²) in [6.07, 6.45) is 0.316. The molecule has 0 fully saturated rings. The first-order chi connectivity index (χ1) is 19.7. The van der Waals surface area contributed by atoms with E-state index in [9.17, 15) is 39.0 Å². The second kappa shape index (κ2) is 20.8. The fraction of sp³-hybridized carbons (Fsp3) is 0.696. The molecule has 6 amide bonds. The van der Waals surface area contributed by atoms with Crippen molar-refractivity contribution < 1.29 is 39.0 Å². The first-order valence-electron chi connectivity index (χ1n) is 13.3. The highest BCUT2D eigenvalue weighted by Crippen LogP contribution is 2.04. The van der Waals surface area contributed by atoms with Gasteiger partial charge in [-0.1, -0.05) is 0 Å². The highest BCUT2D eigenvalue weighted by Gasteiger charge is 2.31. The maximum atomic E-state index is 13.0. The number of carbonyl (C=O) groups excluding carboxylic acids is 6. The number of primary amides is 1. The van der Waals surface area contributed by atoms with Crippen LogP contribution in [0, 0.1) is 5.41 Å². The van der Waals surface area contributed by atoms with Gasteiger partial charge in [0.2, 0.25) is 35.4 Å². The number of hydrogen-bond donors (Lipinski definition) is 13. The van der Waals surface area contributed by atoms with E-state index in [1.54, 1.807) is 0 Å². The Morgan fingerprint density at radius 2 is 1.40 bits per heavy atom. The number of rotatable bonds is 21. The predicted molar refractivity (Wildman–Crippen MR) is 150 cm³/mol. The lowest BCUT2D eigenvalue weighted by molar-refractivity contribution is -0.136. The Labute approximate surface area is 243 Å². The maximum absolute atomic E-state index is 13.0. The summed E-state index contributed by atoms with van der Waals surface area (Å²) < 4.78 is 0. The molecule has 0 saturated carbocycles. The molecule has 19 heteroatoms. The summed E-state index contributed by atoms with van der Waals surface area (Å²) in [6, 6.07) is -5.28. The van der Waals surface area contributed by atoms with Gasteiger partial charge in [0.1, 0.15) is 18.1 Å². The van der Waals surface area contributed by atoms with Crippen molar-refractivity contribution in [2.24, 2.45) is 22.9 Å². The number of aliphatic hydroxyl groups is 2. The van der Waals surface area contributed by atoms with E-state index in [2.05, 4.69) is 31.9 Å². The zero-order valence-electron chi connectivity index (χ0n) is 23.6. The van der Waals surface area contributed by atoms with Crippen LogP contribution in [0.4, 0.5) is 0 Å². The molecule has 0 aliphatic carbocycles. The van der Waals surface area contributed by atoms with Gasteiger partial charge in [0, 0.05) is 6.54 Å². The van der Waals surface area contributed by atoms with Gasteiger partial charge >= 0.3 is 0 Å². The summed E-state index contributed by atoms with van der Waals surface area (Å²) in [6.45, 7) is -0.105. The van der Waals surface area contributed by atoms with Crippen molar-refractivity contribution in [3.63, 3.8) is 0 Å². The number of unbranched alkanes of at least 4 members (excludes halogenated alkanes) is 1. The molecule has 0 aromatic rings. The van der Waals surface area contributed by atoms with Crippen LogP contribution in [0.5, 0.6) is 0 Å². The lowest BCUT2D eigenvalue weighted by Crippen LogP contribution is -2.60. The molecule has 42 heavy (non-hydrogen) atoms. The number of hydrogen-bond acceptors (Lipinski definition) is 11. The number of nitrogens with two attached hydrogens (primary N) is 4. The Morgan fingerprint density at radius 3 is 1.95 bits per heavy atom. The van der Waals surface area contributed by atoms with Gasteiger partial charge in [0.15, 0.2) is 5.96 Å². The average Bonchev–Trinajstić information content (AvgIpc) is 2.92. The molecule has 0 rings (SSSR count). The second-order valence-corrected chi connectivity index (χ2v) is 9.37. The average molecular weight is 604 g/mol. The monoisotopic (exact) mass is 603 g/mol. The van der Waals surface area contributed by atoms with Crippen LogP contribution in [-0.2, 0) is 28.8 Å². The largest absolute Gasteiger partial charge is 0.394 e. The van der Waals surface area contributed by atoms with Crippen molar-refractivity contribution in [2.75, 3.05) is 32.8 Å². The Bertz CT molecular complexity index is 934. The van der Waals surface area contributed by atoms with E-state index in [1.807, 2.05) is 0 Å². The summed E-state index contributed by atoms with van der Waals surface area (Å²) in [5, 5.41) is 40.8. The van der Waals surface area contributed by atoms with Gasteiger partial charge in [0.05, 0.1) is 31.8 Å². The quantitative estimate of drug-likeness (QED) is 0.0331. The van der Waals surface area contributed by atoms with E-state index < -0.39 is 85.4 Å². The Morgan fingerprint density at radius 1 is 0.786 bits per heavy atom. The van der Waals surface area contributed by atoms with E-state index in [4.69, 9.17) is 28.3 Å². The molecular weight excluding hydrogens is 558 g/mol. The molecule has 0 radical (unpaired) electrons. The highest BCUT2D eigenvalue weighted by molar-refractivity contribution is 5.95. The molecule has 17 N–H and O–H groups in total. The molecule has 0 unspecified atom stereocenters. The SMILES string of the molecule is C[C@@H](O)[C@H](NC(=O)[C@H](CO)NC(=O)[C@H](CCCCN)NC(=O)[C@@H](N)CCCNC(=N)N)C(=O)NCC(=O)NCC(N)=O. The van der Waals surface area contributed by atoms with Crippen molar-refractivity contribution in [1.29, 1.82) is 5.41 Å².